The van der Waals surface area contributed by atoms with E-state index in [1.54, 1.807) is 0 Å². The van der Waals surface area contributed by atoms with Crippen LogP contribution in [0.4, 0.5) is 0 Å². The fraction of sp³-hybridized carbons (Fsp3) is 0.500. The molecule has 0 saturated carbocycles. The molecule has 1 aromatic carbocycles. The van der Waals surface area contributed by atoms with Crippen molar-refractivity contribution < 1.29 is 5.11 Å². The third-order valence-electron chi connectivity index (χ3n) is 3.78. The third kappa shape index (κ3) is 3.44. The Morgan fingerprint density at radius 1 is 1.29 bits per heavy atom. The van der Waals surface area contributed by atoms with Crippen molar-refractivity contribution in [1.29, 1.82) is 0 Å². The van der Waals surface area contributed by atoms with Gasteiger partial charge in [-0.3, -0.25) is 0 Å². The Balaban J connectivity index is 2.07. The first-order valence-electron chi connectivity index (χ1n) is 6.66. The molecule has 0 spiro atoms. The van der Waals surface area contributed by atoms with Crippen molar-refractivity contribution in [3.8, 4) is 0 Å². The molecule has 0 heterocycles. The zero-order valence-electron chi connectivity index (χ0n) is 10.5. The highest BCUT2D eigenvalue weighted by molar-refractivity contribution is 5.16. The molecule has 1 aliphatic carbocycles. The Kier molecular flexibility index (Phi) is 4.38. The van der Waals surface area contributed by atoms with Gasteiger partial charge in [-0.1, -0.05) is 42.5 Å². The average molecular weight is 230 g/mol. The second-order valence-corrected chi connectivity index (χ2v) is 5.12. The minimum Gasteiger partial charge on any atom is -0.393 e. The van der Waals surface area contributed by atoms with E-state index in [2.05, 4.69) is 36.4 Å². The van der Waals surface area contributed by atoms with Crippen LogP contribution in [0.25, 0.3) is 0 Å². The molecule has 0 aliphatic heterocycles. The highest BCUT2D eigenvalue weighted by Crippen LogP contribution is 2.29. The van der Waals surface area contributed by atoms with Gasteiger partial charge >= 0.3 is 0 Å². The van der Waals surface area contributed by atoms with E-state index in [9.17, 15) is 5.11 Å². The summed E-state index contributed by atoms with van der Waals surface area (Å²) < 4.78 is 0. The van der Waals surface area contributed by atoms with Gasteiger partial charge in [-0.2, -0.15) is 0 Å². The fourth-order valence-corrected chi connectivity index (χ4v) is 2.76. The van der Waals surface area contributed by atoms with Gasteiger partial charge in [0.05, 0.1) is 6.10 Å². The summed E-state index contributed by atoms with van der Waals surface area (Å²) in [5, 5.41) is 9.99. The topological polar surface area (TPSA) is 20.2 Å². The molecular weight excluding hydrogens is 208 g/mol. The smallest absolute Gasteiger partial charge is 0.0549 e. The molecule has 3 atom stereocenters. The summed E-state index contributed by atoms with van der Waals surface area (Å²) in [6.45, 7) is 1.93. The van der Waals surface area contributed by atoms with E-state index >= 15 is 0 Å². The Bertz CT molecular complexity index is 353. The SMILES string of the molecule is CC(O)C(Cc1ccccc1)C1C=CCCC1. The van der Waals surface area contributed by atoms with Crippen LogP contribution in [0.3, 0.4) is 0 Å². The minimum absolute atomic E-state index is 0.233. The number of aliphatic hydroxyl groups is 1. The van der Waals surface area contributed by atoms with Gasteiger partial charge in [-0.05, 0) is 50.0 Å². The van der Waals surface area contributed by atoms with Crippen molar-refractivity contribution in [3.05, 3.63) is 48.0 Å². The average Bonchev–Trinajstić information content (AvgIpc) is 2.38. The van der Waals surface area contributed by atoms with Crippen molar-refractivity contribution >= 4 is 0 Å². The molecule has 1 aromatic rings. The van der Waals surface area contributed by atoms with Gasteiger partial charge in [0.15, 0.2) is 0 Å². The van der Waals surface area contributed by atoms with Crippen LogP contribution in [0, 0.1) is 11.8 Å². The Morgan fingerprint density at radius 3 is 2.65 bits per heavy atom. The Hall–Kier alpha value is -1.08. The number of hydrogen-bond acceptors (Lipinski definition) is 1. The predicted molar refractivity (Wildman–Crippen MR) is 71.8 cm³/mol. The van der Waals surface area contributed by atoms with Crippen molar-refractivity contribution in [2.24, 2.45) is 11.8 Å². The Morgan fingerprint density at radius 2 is 2.06 bits per heavy atom. The van der Waals surface area contributed by atoms with Gasteiger partial charge < -0.3 is 5.11 Å². The summed E-state index contributed by atoms with van der Waals surface area (Å²) in [6.07, 6.45) is 9.01. The lowest BCUT2D eigenvalue weighted by Gasteiger charge is -2.29. The summed E-state index contributed by atoms with van der Waals surface area (Å²) in [5.41, 5.74) is 1.33. The van der Waals surface area contributed by atoms with Crippen LogP contribution in [0.5, 0.6) is 0 Å². The van der Waals surface area contributed by atoms with Crippen LogP contribution in [-0.4, -0.2) is 11.2 Å². The van der Waals surface area contributed by atoms with E-state index in [-0.39, 0.29) is 6.10 Å². The number of rotatable bonds is 4. The minimum atomic E-state index is -0.233. The van der Waals surface area contributed by atoms with E-state index < -0.39 is 0 Å². The first-order chi connectivity index (χ1) is 8.27. The summed E-state index contributed by atoms with van der Waals surface area (Å²) in [4.78, 5) is 0. The lowest BCUT2D eigenvalue weighted by molar-refractivity contribution is 0.0960. The van der Waals surface area contributed by atoms with Gasteiger partial charge in [0, 0.05) is 0 Å². The largest absolute Gasteiger partial charge is 0.393 e. The van der Waals surface area contributed by atoms with Crippen LogP contribution in [0.2, 0.25) is 0 Å². The van der Waals surface area contributed by atoms with E-state index in [0.29, 0.717) is 11.8 Å². The monoisotopic (exact) mass is 230 g/mol. The van der Waals surface area contributed by atoms with Crippen molar-refractivity contribution in [2.45, 2.75) is 38.7 Å². The molecule has 92 valence electrons. The second-order valence-electron chi connectivity index (χ2n) is 5.12. The van der Waals surface area contributed by atoms with E-state index in [4.69, 9.17) is 0 Å². The molecule has 0 saturated heterocycles. The standard InChI is InChI=1S/C16H22O/c1-13(17)16(15-10-6-3-7-11-15)12-14-8-4-2-5-9-14/h2,4-6,8-10,13,15-17H,3,7,11-12H2,1H3. The van der Waals surface area contributed by atoms with Gasteiger partial charge in [-0.15, -0.1) is 0 Å². The molecular formula is C16H22O. The molecule has 0 amide bonds. The van der Waals surface area contributed by atoms with Crippen LogP contribution < -0.4 is 0 Å². The number of hydrogen-bond donors (Lipinski definition) is 1. The van der Waals surface area contributed by atoms with E-state index in [1.807, 2.05) is 13.0 Å². The van der Waals surface area contributed by atoms with Gasteiger partial charge in [-0.25, -0.2) is 0 Å². The van der Waals surface area contributed by atoms with Gasteiger partial charge in [0.25, 0.3) is 0 Å². The summed E-state index contributed by atoms with van der Waals surface area (Å²) >= 11 is 0. The van der Waals surface area contributed by atoms with Gasteiger partial charge in [0.2, 0.25) is 0 Å². The van der Waals surface area contributed by atoms with Crippen molar-refractivity contribution in [2.75, 3.05) is 0 Å². The fourth-order valence-electron chi connectivity index (χ4n) is 2.76. The summed E-state index contributed by atoms with van der Waals surface area (Å²) in [7, 11) is 0. The molecule has 0 bridgehead atoms. The van der Waals surface area contributed by atoms with Crippen LogP contribution in [-0.2, 0) is 6.42 Å². The second kappa shape index (κ2) is 6.02. The number of allylic oxidation sites excluding steroid dienone is 2. The number of benzene rings is 1. The molecule has 17 heavy (non-hydrogen) atoms. The van der Waals surface area contributed by atoms with Crippen molar-refractivity contribution in [3.63, 3.8) is 0 Å². The highest BCUT2D eigenvalue weighted by Gasteiger charge is 2.24. The molecule has 1 nitrogen and oxygen atoms in total. The maximum atomic E-state index is 9.99. The van der Waals surface area contributed by atoms with Crippen molar-refractivity contribution in [1.82, 2.24) is 0 Å². The maximum Gasteiger partial charge on any atom is 0.0549 e. The maximum absolute atomic E-state index is 9.99. The summed E-state index contributed by atoms with van der Waals surface area (Å²) in [6, 6.07) is 10.5. The molecule has 0 aromatic heterocycles. The van der Waals surface area contributed by atoms with Gasteiger partial charge in [0.1, 0.15) is 0 Å². The van der Waals surface area contributed by atoms with Crippen LogP contribution >= 0.6 is 0 Å². The zero-order chi connectivity index (χ0) is 12.1. The zero-order valence-corrected chi connectivity index (χ0v) is 10.5. The third-order valence-corrected chi connectivity index (χ3v) is 3.78. The molecule has 0 fully saturated rings. The first-order valence-corrected chi connectivity index (χ1v) is 6.66. The lowest BCUT2D eigenvalue weighted by Crippen LogP contribution is -2.27. The molecule has 3 unspecified atom stereocenters. The molecule has 1 N–H and O–H groups in total. The first kappa shape index (κ1) is 12.4. The molecule has 0 radical (unpaired) electrons. The normalized spacial score (nSPS) is 23.3. The Labute approximate surface area is 104 Å². The van der Waals surface area contributed by atoms with Crippen LogP contribution in [0.1, 0.15) is 31.7 Å². The highest BCUT2D eigenvalue weighted by atomic mass is 16.3. The van der Waals surface area contributed by atoms with E-state index in [1.165, 1.54) is 24.8 Å². The summed E-state index contributed by atoms with van der Waals surface area (Å²) in [5.74, 6) is 0.901. The predicted octanol–water partition coefficient (Wildman–Crippen LogP) is 3.58. The quantitative estimate of drug-likeness (QED) is 0.784. The molecule has 2 rings (SSSR count). The molecule has 1 heteroatoms. The molecule has 1 aliphatic rings. The van der Waals surface area contributed by atoms with Crippen LogP contribution in [0.15, 0.2) is 42.5 Å². The van der Waals surface area contributed by atoms with E-state index in [0.717, 1.165) is 6.42 Å². The number of aliphatic hydroxyl groups excluding tert-OH is 1. The lowest BCUT2D eigenvalue weighted by atomic mass is 9.78.